The molecule has 0 aliphatic heterocycles. The Bertz CT molecular complexity index is 1690. The Labute approximate surface area is 507 Å². The number of unbranched alkanes of at least 4 members (excludes halogenated alkanes) is 31. The molecule has 1 atom stereocenters. The Kier molecular flexibility index (Phi) is 65.8. The van der Waals surface area contributed by atoms with Gasteiger partial charge in [-0.1, -0.05) is 303 Å². The molecule has 0 bridgehead atoms. The van der Waals surface area contributed by atoms with Gasteiger partial charge in [0, 0.05) is 19.3 Å². The van der Waals surface area contributed by atoms with Crippen LogP contribution in [0.3, 0.4) is 0 Å². The molecule has 82 heavy (non-hydrogen) atoms. The third-order valence-electron chi connectivity index (χ3n) is 14.7. The largest absolute Gasteiger partial charge is 0.462 e. The standard InChI is InChI=1S/C76H128O6/c1-4-7-10-13-16-19-22-25-28-31-33-34-35-36-37-38-39-40-41-42-44-45-48-51-54-57-60-63-66-69-75(78)81-72-73(71-80-74(77)68-65-62-59-56-53-50-47-30-27-24-21-18-15-12-9-6-3)82-76(79)70-67-64-61-58-55-52-49-46-43-32-29-26-23-20-17-14-11-8-5-2/h8,11,17,20-22,24-26,29-31,33,43,46-47,52,55,61,64,73H,4-7,9-10,12-16,18-19,23,27-28,32,34-42,44-45,48-51,53-54,56-60,62-63,65-72H2,1-3H3/b11-8-,20-17-,24-21-,25-22-,29-26-,33-31-,46-43-,47-30-,55-52-,64-61-. The van der Waals surface area contributed by atoms with Crippen molar-refractivity contribution in [1.29, 1.82) is 0 Å². The number of hydrogen-bond donors (Lipinski definition) is 0. The van der Waals surface area contributed by atoms with Gasteiger partial charge >= 0.3 is 17.9 Å². The number of hydrogen-bond acceptors (Lipinski definition) is 6. The van der Waals surface area contributed by atoms with Crippen LogP contribution in [0.15, 0.2) is 122 Å². The maximum atomic E-state index is 12.9. The summed E-state index contributed by atoms with van der Waals surface area (Å²) in [6.07, 6.45) is 96.6. The zero-order valence-electron chi connectivity index (χ0n) is 53.7. The van der Waals surface area contributed by atoms with Crippen molar-refractivity contribution in [3.8, 4) is 0 Å². The van der Waals surface area contributed by atoms with Gasteiger partial charge in [-0.05, 0) is 122 Å². The minimum Gasteiger partial charge on any atom is -0.462 e. The van der Waals surface area contributed by atoms with Gasteiger partial charge in [0.05, 0.1) is 0 Å². The molecule has 6 nitrogen and oxygen atoms in total. The number of rotatable bonds is 62. The molecule has 0 heterocycles. The molecule has 0 aliphatic rings. The first-order valence-electron chi connectivity index (χ1n) is 34.5. The summed E-state index contributed by atoms with van der Waals surface area (Å²) >= 11 is 0. The number of carbonyl (C=O) groups excluding carboxylic acids is 3. The van der Waals surface area contributed by atoms with E-state index in [1.54, 1.807) is 0 Å². The van der Waals surface area contributed by atoms with E-state index in [9.17, 15) is 14.4 Å². The van der Waals surface area contributed by atoms with Gasteiger partial charge in [0.15, 0.2) is 6.10 Å². The first-order valence-corrected chi connectivity index (χ1v) is 34.5. The Morgan fingerprint density at radius 2 is 0.500 bits per heavy atom. The SMILES string of the molecule is CC/C=C\C/C=C\C/C=C\C/C=C\C/C=C\C/C=C\CCC(=O)OC(COC(=O)CCCCCCC/C=C\C/C=C\CCCCCC)COC(=O)CCCCCCCCCCCCCCCCCCC/C=C\C/C=C\CCCCCCC. The molecule has 0 amide bonds. The molecule has 6 heteroatoms. The van der Waals surface area contributed by atoms with E-state index in [1.807, 2.05) is 6.08 Å². The number of allylic oxidation sites excluding steroid dienone is 20. The van der Waals surface area contributed by atoms with Crippen LogP contribution >= 0.6 is 0 Å². The zero-order chi connectivity index (χ0) is 59.2. The lowest BCUT2D eigenvalue weighted by molar-refractivity contribution is -0.166. The van der Waals surface area contributed by atoms with Gasteiger partial charge in [0.2, 0.25) is 0 Å². The molecule has 0 spiro atoms. The summed E-state index contributed by atoms with van der Waals surface area (Å²) in [7, 11) is 0. The summed E-state index contributed by atoms with van der Waals surface area (Å²) in [5, 5.41) is 0. The van der Waals surface area contributed by atoms with Crippen LogP contribution in [0.5, 0.6) is 0 Å². The van der Waals surface area contributed by atoms with Crippen LogP contribution < -0.4 is 0 Å². The zero-order valence-corrected chi connectivity index (χ0v) is 53.7. The van der Waals surface area contributed by atoms with Gasteiger partial charge in [-0.3, -0.25) is 14.4 Å². The Morgan fingerprint density at radius 1 is 0.256 bits per heavy atom. The molecule has 0 aliphatic carbocycles. The molecule has 0 radical (unpaired) electrons. The first-order chi connectivity index (χ1) is 40.5. The summed E-state index contributed by atoms with van der Waals surface area (Å²) < 4.78 is 16.9. The highest BCUT2D eigenvalue weighted by Crippen LogP contribution is 2.16. The van der Waals surface area contributed by atoms with Crippen molar-refractivity contribution in [2.45, 2.75) is 329 Å². The van der Waals surface area contributed by atoms with E-state index in [0.29, 0.717) is 19.3 Å². The van der Waals surface area contributed by atoms with E-state index in [2.05, 4.69) is 136 Å². The number of carbonyl (C=O) groups is 3. The molecular weight excluding hydrogens is 1010 g/mol. The molecule has 468 valence electrons. The van der Waals surface area contributed by atoms with E-state index in [4.69, 9.17) is 14.2 Å². The second kappa shape index (κ2) is 69.3. The predicted molar refractivity (Wildman–Crippen MR) is 357 cm³/mol. The van der Waals surface area contributed by atoms with Crippen LogP contribution in [-0.4, -0.2) is 37.2 Å². The predicted octanol–water partition coefficient (Wildman–Crippen LogP) is 23.9. The molecule has 0 saturated carbocycles. The maximum absolute atomic E-state index is 12.9. The number of esters is 3. The molecule has 0 N–H and O–H groups in total. The molecule has 0 fully saturated rings. The molecule has 0 aromatic rings. The fourth-order valence-electron chi connectivity index (χ4n) is 9.53. The van der Waals surface area contributed by atoms with Gasteiger partial charge in [-0.15, -0.1) is 0 Å². The molecule has 0 aromatic carbocycles. The Hall–Kier alpha value is -4.19. The van der Waals surface area contributed by atoms with Crippen molar-refractivity contribution in [3.63, 3.8) is 0 Å². The lowest BCUT2D eigenvalue weighted by Gasteiger charge is -2.18. The van der Waals surface area contributed by atoms with Crippen molar-refractivity contribution in [3.05, 3.63) is 122 Å². The normalized spacial score (nSPS) is 12.9. The van der Waals surface area contributed by atoms with Gasteiger partial charge < -0.3 is 14.2 Å². The molecule has 0 rings (SSSR count). The van der Waals surface area contributed by atoms with Gasteiger partial charge in [-0.25, -0.2) is 0 Å². The smallest absolute Gasteiger partial charge is 0.306 e. The second-order valence-corrected chi connectivity index (χ2v) is 22.7. The first kappa shape index (κ1) is 77.8. The van der Waals surface area contributed by atoms with Crippen LogP contribution in [0, 0.1) is 0 Å². The van der Waals surface area contributed by atoms with Crippen LogP contribution in [-0.2, 0) is 28.6 Å². The molecule has 0 saturated heterocycles. The summed E-state index contributed by atoms with van der Waals surface area (Å²) in [6.45, 7) is 6.45. The van der Waals surface area contributed by atoms with Crippen molar-refractivity contribution < 1.29 is 28.6 Å². The minimum absolute atomic E-state index is 0.113. The summed E-state index contributed by atoms with van der Waals surface area (Å²) in [4.78, 5) is 38.4. The molecular formula is C76H128O6. The topological polar surface area (TPSA) is 78.9 Å². The van der Waals surface area contributed by atoms with Crippen molar-refractivity contribution in [2.75, 3.05) is 13.2 Å². The van der Waals surface area contributed by atoms with Gasteiger partial charge in [-0.2, -0.15) is 0 Å². The summed E-state index contributed by atoms with van der Waals surface area (Å²) in [5.41, 5.74) is 0. The maximum Gasteiger partial charge on any atom is 0.306 e. The monoisotopic (exact) mass is 1140 g/mol. The van der Waals surface area contributed by atoms with E-state index in [0.717, 1.165) is 109 Å². The van der Waals surface area contributed by atoms with Crippen LogP contribution in [0.2, 0.25) is 0 Å². The lowest BCUT2D eigenvalue weighted by atomic mass is 10.0. The van der Waals surface area contributed by atoms with Crippen molar-refractivity contribution in [2.24, 2.45) is 0 Å². The van der Waals surface area contributed by atoms with E-state index in [1.165, 1.54) is 167 Å². The average Bonchev–Trinajstić information content (AvgIpc) is 3.47. The average molecular weight is 1140 g/mol. The lowest BCUT2D eigenvalue weighted by Crippen LogP contribution is -2.30. The second-order valence-electron chi connectivity index (χ2n) is 22.7. The van der Waals surface area contributed by atoms with E-state index < -0.39 is 12.1 Å². The minimum atomic E-state index is -0.828. The van der Waals surface area contributed by atoms with Gasteiger partial charge in [0.25, 0.3) is 0 Å². The summed E-state index contributed by atoms with van der Waals surface area (Å²) in [6, 6.07) is 0. The van der Waals surface area contributed by atoms with Crippen molar-refractivity contribution >= 4 is 17.9 Å². The summed E-state index contributed by atoms with van der Waals surface area (Å²) in [5.74, 6) is -1.00. The van der Waals surface area contributed by atoms with Crippen LogP contribution in [0.1, 0.15) is 323 Å². The van der Waals surface area contributed by atoms with E-state index in [-0.39, 0.29) is 31.6 Å². The van der Waals surface area contributed by atoms with Crippen molar-refractivity contribution in [1.82, 2.24) is 0 Å². The fourth-order valence-corrected chi connectivity index (χ4v) is 9.53. The molecule has 0 aromatic heterocycles. The van der Waals surface area contributed by atoms with Crippen LogP contribution in [0.4, 0.5) is 0 Å². The highest BCUT2D eigenvalue weighted by atomic mass is 16.6. The third kappa shape index (κ3) is 66.6. The Balaban J connectivity index is 4.37. The highest BCUT2D eigenvalue weighted by Gasteiger charge is 2.19. The van der Waals surface area contributed by atoms with E-state index >= 15 is 0 Å². The highest BCUT2D eigenvalue weighted by molar-refractivity contribution is 5.71. The quantitative estimate of drug-likeness (QED) is 0.0261. The number of ether oxygens (including phenoxy) is 3. The van der Waals surface area contributed by atoms with Gasteiger partial charge in [0.1, 0.15) is 13.2 Å². The van der Waals surface area contributed by atoms with Crippen LogP contribution in [0.25, 0.3) is 0 Å². The third-order valence-corrected chi connectivity index (χ3v) is 14.7. The molecule has 1 unspecified atom stereocenters. The Morgan fingerprint density at radius 3 is 0.805 bits per heavy atom. The fraction of sp³-hybridized carbons (Fsp3) is 0.697.